The van der Waals surface area contributed by atoms with Crippen LogP contribution in [0.25, 0.3) is 0 Å². The van der Waals surface area contributed by atoms with Crippen LogP contribution in [-0.2, 0) is 0 Å². The third-order valence-electron chi connectivity index (χ3n) is 3.58. The Hall–Kier alpha value is -0.520. The zero-order valence-corrected chi connectivity index (χ0v) is 9.65. The van der Waals surface area contributed by atoms with E-state index in [0.717, 1.165) is 6.42 Å². The lowest BCUT2D eigenvalue weighted by atomic mass is 9.64. The summed E-state index contributed by atoms with van der Waals surface area (Å²) in [4.78, 5) is 0. The van der Waals surface area contributed by atoms with Crippen LogP contribution in [0.5, 0.6) is 0 Å². The first-order chi connectivity index (χ1) is 5.89. The Morgan fingerprint density at radius 3 is 2.31 bits per heavy atom. The van der Waals surface area contributed by atoms with E-state index in [2.05, 4.69) is 52.8 Å². The lowest BCUT2D eigenvalue weighted by Gasteiger charge is -2.41. The van der Waals surface area contributed by atoms with Crippen LogP contribution < -0.4 is 0 Å². The average molecular weight is 178 g/mol. The second-order valence-electron chi connectivity index (χ2n) is 5.34. The van der Waals surface area contributed by atoms with Crippen molar-refractivity contribution < 1.29 is 0 Å². The van der Waals surface area contributed by atoms with E-state index in [-0.39, 0.29) is 0 Å². The van der Waals surface area contributed by atoms with Crippen LogP contribution in [0, 0.1) is 10.8 Å². The Labute approximate surface area is 82.7 Å². The van der Waals surface area contributed by atoms with Crippen LogP contribution >= 0.6 is 0 Å². The zero-order chi connectivity index (χ0) is 10.1. The molecule has 0 bridgehead atoms. The van der Waals surface area contributed by atoms with Crippen LogP contribution in [0.1, 0.15) is 47.5 Å². The summed E-state index contributed by atoms with van der Waals surface area (Å²) in [5.74, 6) is 0. The van der Waals surface area contributed by atoms with Gasteiger partial charge in [0.1, 0.15) is 0 Å². The molecule has 0 aliphatic heterocycles. The van der Waals surface area contributed by atoms with Crippen LogP contribution in [-0.4, -0.2) is 0 Å². The minimum atomic E-state index is 0.339. The van der Waals surface area contributed by atoms with E-state index in [0.29, 0.717) is 10.8 Å². The first kappa shape index (κ1) is 10.6. The normalized spacial score (nSPS) is 28.8. The van der Waals surface area contributed by atoms with Gasteiger partial charge in [-0.2, -0.15) is 0 Å². The van der Waals surface area contributed by atoms with Crippen LogP contribution in [0.4, 0.5) is 0 Å². The maximum Gasteiger partial charge on any atom is -0.00602 e. The molecule has 0 radical (unpaired) electrons. The predicted molar refractivity (Wildman–Crippen MR) is 59.7 cm³/mol. The van der Waals surface area contributed by atoms with Crippen LogP contribution in [0.3, 0.4) is 0 Å². The molecule has 0 nitrogen and oxygen atoms in total. The van der Waals surface area contributed by atoms with E-state index in [1.807, 2.05) is 0 Å². The van der Waals surface area contributed by atoms with E-state index < -0.39 is 0 Å². The van der Waals surface area contributed by atoms with Crippen molar-refractivity contribution in [3.8, 4) is 0 Å². The summed E-state index contributed by atoms with van der Waals surface area (Å²) in [5, 5.41) is 0. The summed E-state index contributed by atoms with van der Waals surface area (Å²) in [6.07, 6.45) is 9.44. The van der Waals surface area contributed by atoms with Gasteiger partial charge in [0.2, 0.25) is 0 Å². The second kappa shape index (κ2) is 3.32. The molecule has 0 fully saturated rings. The minimum Gasteiger partial charge on any atom is -0.0805 e. The first-order valence-electron chi connectivity index (χ1n) is 5.27. The minimum absolute atomic E-state index is 0.339. The van der Waals surface area contributed by atoms with Crippen molar-refractivity contribution in [1.82, 2.24) is 0 Å². The van der Waals surface area contributed by atoms with E-state index in [9.17, 15) is 0 Å². The SMILES string of the molecule is CCC1=CCC(C)(C(C)(C)C)C=C1. The molecule has 0 N–H and O–H groups in total. The summed E-state index contributed by atoms with van der Waals surface area (Å²) in [6.45, 7) is 11.5. The van der Waals surface area contributed by atoms with Gasteiger partial charge in [0, 0.05) is 0 Å². The summed E-state index contributed by atoms with van der Waals surface area (Å²) in [7, 11) is 0. The van der Waals surface area contributed by atoms with Crippen LogP contribution in [0.15, 0.2) is 23.8 Å². The summed E-state index contributed by atoms with van der Waals surface area (Å²) < 4.78 is 0. The molecule has 0 saturated carbocycles. The quantitative estimate of drug-likeness (QED) is 0.560. The number of rotatable bonds is 1. The smallest absolute Gasteiger partial charge is 0.00602 e. The Morgan fingerprint density at radius 1 is 1.38 bits per heavy atom. The lowest BCUT2D eigenvalue weighted by Crippen LogP contribution is -2.31. The van der Waals surface area contributed by atoms with Gasteiger partial charge in [0.25, 0.3) is 0 Å². The highest BCUT2D eigenvalue weighted by molar-refractivity contribution is 5.27. The number of hydrogen-bond acceptors (Lipinski definition) is 0. The Morgan fingerprint density at radius 2 is 2.00 bits per heavy atom. The predicted octanol–water partition coefficient (Wildman–Crippen LogP) is 4.34. The highest BCUT2D eigenvalue weighted by Gasteiger charge is 2.35. The molecule has 0 aromatic heterocycles. The fraction of sp³-hybridized carbons (Fsp3) is 0.692. The van der Waals surface area contributed by atoms with E-state index in [1.54, 1.807) is 0 Å². The summed E-state index contributed by atoms with van der Waals surface area (Å²) in [5.41, 5.74) is 2.19. The topological polar surface area (TPSA) is 0 Å². The van der Waals surface area contributed by atoms with Crippen molar-refractivity contribution in [3.63, 3.8) is 0 Å². The van der Waals surface area contributed by atoms with E-state index >= 15 is 0 Å². The van der Waals surface area contributed by atoms with Crippen molar-refractivity contribution >= 4 is 0 Å². The van der Waals surface area contributed by atoms with Crippen molar-refractivity contribution in [3.05, 3.63) is 23.8 Å². The van der Waals surface area contributed by atoms with Crippen LogP contribution in [0.2, 0.25) is 0 Å². The fourth-order valence-corrected chi connectivity index (χ4v) is 1.59. The molecule has 0 aromatic carbocycles. The first-order valence-corrected chi connectivity index (χ1v) is 5.27. The molecule has 0 saturated heterocycles. The monoisotopic (exact) mass is 178 g/mol. The van der Waals surface area contributed by atoms with Crippen molar-refractivity contribution in [2.45, 2.75) is 47.5 Å². The highest BCUT2D eigenvalue weighted by atomic mass is 14.4. The molecular formula is C13H22. The maximum atomic E-state index is 2.39. The number of allylic oxidation sites excluding steroid dienone is 4. The molecule has 74 valence electrons. The van der Waals surface area contributed by atoms with Gasteiger partial charge in [0.05, 0.1) is 0 Å². The van der Waals surface area contributed by atoms with E-state index in [4.69, 9.17) is 0 Å². The average Bonchev–Trinajstić information content (AvgIpc) is 2.04. The Bertz CT molecular complexity index is 237. The third kappa shape index (κ3) is 2.04. The highest BCUT2D eigenvalue weighted by Crippen LogP contribution is 2.45. The van der Waals surface area contributed by atoms with E-state index in [1.165, 1.54) is 12.0 Å². The molecule has 0 spiro atoms. The molecule has 0 amide bonds. The lowest BCUT2D eigenvalue weighted by molar-refractivity contribution is 0.169. The van der Waals surface area contributed by atoms with Gasteiger partial charge < -0.3 is 0 Å². The molecule has 0 heteroatoms. The second-order valence-corrected chi connectivity index (χ2v) is 5.34. The summed E-state index contributed by atoms with van der Waals surface area (Å²) in [6, 6.07) is 0. The van der Waals surface area contributed by atoms with Crippen molar-refractivity contribution in [2.24, 2.45) is 10.8 Å². The molecule has 0 aromatic rings. The zero-order valence-electron chi connectivity index (χ0n) is 9.65. The molecule has 13 heavy (non-hydrogen) atoms. The van der Waals surface area contributed by atoms with Gasteiger partial charge in [-0.15, -0.1) is 0 Å². The maximum absolute atomic E-state index is 2.39. The summed E-state index contributed by atoms with van der Waals surface area (Å²) >= 11 is 0. The fourth-order valence-electron chi connectivity index (χ4n) is 1.59. The van der Waals surface area contributed by atoms with Gasteiger partial charge >= 0.3 is 0 Å². The third-order valence-corrected chi connectivity index (χ3v) is 3.58. The van der Waals surface area contributed by atoms with Crippen molar-refractivity contribution in [1.29, 1.82) is 0 Å². The molecule has 1 aliphatic rings. The van der Waals surface area contributed by atoms with Gasteiger partial charge in [0.15, 0.2) is 0 Å². The largest absolute Gasteiger partial charge is 0.0805 e. The van der Waals surface area contributed by atoms with Gasteiger partial charge in [-0.25, -0.2) is 0 Å². The van der Waals surface area contributed by atoms with Gasteiger partial charge in [-0.1, -0.05) is 58.4 Å². The molecule has 0 heterocycles. The Kier molecular flexibility index (Phi) is 2.70. The number of hydrogen-bond donors (Lipinski definition) is 0. The Balaban J connectivity index is 2.81. The molecule has 1 atom stereocenters. The van der Waals surface area contributed by atoms with Gasteiger partial charge in [-0.3, -0.25) is 0 Å². The molecule has 1 unspecified atom stereocenters. The molecular weight excluding hydrogens is 156 g/mol. The van der Waals surface area contributed by atoms with Gasteiger partial charge in [-0.05, 0) is 23.7 Å². The van der Waals surface area contributed by atoms with Crippen molar-refractivity contribution in [2.75, 3.05) is 0 Å². The standard InChI is InChI=1S/C13H22/c1-6-11-7-9-13(5,10-8-11)12(2,3)4/h7-9H,6,10H2,1-5H3. The molecule has 1 rings (SSSR count). The molecule has 1 aliphatic carbocycles.